The molecule has 0 unspecified atom stereocenters. The van der Waals surface area contributed by atoms with E-state index in [1.807, 2.05) is 6.07 Å². The molecule has 0 amide bonds. The highest BCUT2D eigenvalue weighted by Crippen LogP contribution is 2.40. The van der Waals surface area contributed by atoms with Gasteiger partial charge in [-0.05, 0) is 51.6 Å². The smallest absolute Gasteiger partial charge is 0.291 e. The molecule has 1 saturated carbocycles. The van der Waals surface area contributed by atoms with Crippen molar-refractivity contribution in [3.8, 4) is 5.88 Å². The highest BCUT2D eigenvalue weighted by atomic mass is 16.5. The van der Waals surface area contributed by atoms with Crippen LogP contribution in [0.25, 0.3) is 0 Å². The Morgan fingerprint density at radius 1 is 1.16 bits per heavy atom. The first-order valence-corrected chi connectivity index (χ1v) is 9.51. The lowest BCUT2D eigenvalue weighted by atomic mass is 9.75. The third-order valence-electron chi connectivity index (χ3n) is 6.08. The van der Waals surface area contributed by atoms with E-state index in [2.05, 4.69) is 25.2 Å². The predicted molar refractivity (Wildman–Crippen MR) is 93.8 cm³/mol. The largest absolute Gasteiger partial charge is 0.474 e. The number of hydrogen-bond acceptors (Lipinski definition) is 7. The number of anilines is 1. The summed E-state index contributed by atoms with van der Waals surface area (Å²) >= 11 is 0. The van der Waals surface area contributed by atoms with Gasteiger partial charge >= 0.3 is 0 Å². The van der Waals surface area contributed by atoms with Crippen molar-refractivity contribution < 1.29 is 9.47 Å². The fraction of sp³-hybridized carbons (Fsp3) is 0.722. The molecular weight excluding hydrogens is 318 g/mol. The molecule has 0 radical (unpaired) electrons. The molecule has 5 aliphatic rings. The first-order chi connectivity index (χ1) is 12.3. The number of nitrogens with one attached hydrogen (secondary N) is 1. The van der Waals surface area contributed by atoms with Crippen LogP contribution in [-0.4, -0.2) is 58.8 Å². The lowest BCUT2D eigenvalue weighted by Gasteiger charge is -2.50. The number of rotatable bonds is 3. The molecule has 4 fully saturated rings. The molecule has 134 valence electrons. The summed E-state index contributed by atoms with van der Waals surface area (Å²) in [5, 5.41) is 3.22. The molecule has 6 rings (SSSR count). The highest BCUT2D eigenvalue weighted by molar-refractivity contribution is 5.89. The summed E-state index contributed by atoms with van der Waals surface area (Å²) in [6.07, 6.45) is 8.97. The summed E-state index contributed by atoms with van der Waals surface area (Å²) in [7, 11) is 0. The summed E-state index contributed by atoms with van der Waals surface area (Å²) < 4.78 is 12.2. The van der Waals surface area contributed by atoms with E-state index in [4.69, 9.17) is 9.47 Å². The summed E-state index contributed by atoms with van der Waals surface area (Å²) in [5.74, 6) is 1.92. The van der Waals surface area contributed by atoms with Crippen molar-refractivity contribution in [1.29, 1.82) is 0 Å². The van der Waals surface area contributed by atoms with Crippen LogP contribution < -0.4 is 10.1 Å². The summed E-state index contributed by atoms with van der Waals surface area (Å²) in [6, 6.07) is 2.42. The molecule has 25 heavy (non-hydrogen) atoms. The summed E-state index contributed by atoms with van der Waals surface area (Å²) in [4.78, 5) is 15.6. The number of aromatic nitrogens is 2. The van der Waals surface area contributed by atoms with Gasteiger partial charge in [0.1, 0.15) is 23.9 Å². The number of amidine groups is 1. The van der Waals surface area contributed by atoms with Gasteiger partial charge in [-0.15, -0.1) is 0 Å². The van der Waals surface area contributed by atoms with Crippen LogP contribution in [0.5, 0.6) is 5.88 Å². The van der Waals surface area contributed by atoms with Crippen LogP contribution in [0, 0.1) is 5.92 Å². The maximum absolute atomic E-state index is 6.30. The number of piperidine rings is 3. The van der Waals surface area contributed by atoms with E-state index in [0.29, 0.717) is 23.6 Å². The van der Waals surface area contributed by atoms with E-state index in [0.717, 1.165) is 25.9 Å². The van der Waals surface area contributed by atoms with Gasteiger partial charge < -0.3 is 9.47 Å². The fourth-order valence-corrected chi connectivity index (χ4v) is 4.71. The van der Waals surface area contributed by atoms with E-state index >= 15 is 0 Å². The van der Waals surface area contributed by atoms with Gasteiger partial charge in [-0.2, -0.15) is 0 Å². The zero-order valence-corrected chi connectivity index (χ0v) is 14.5. The van der Waals surface area contributed by atoms with Crippen LogP contribution in [-0.2, 0) is 4.74 Å². The SMILES string of the molecule is c1nc(NC2=NC[C@]3(CN4CCC3CC4)O2)cc(OC2CCCC2)n1. The first-order valence-electron chi connectivity index (χ1n) is 9.51. The quantitative estimate of drug-likeness (QED) is 0.906. The van der Waals surface area contributed by atoms with E-state index < -0.39 is 0 Å². The number of aliphatic imine (C=N–C) groups is 1. The Balaban J connectivity index is 1.24. The molecule has 0 aromatic carbocycles. The minimum atomic E-state index is -0.130. The Hall–Kier alpha value is -1.89. The molecular formula is C18H25N5O2. The Morgan fingerprint density at radius 2 is 2.00 bits per heavy atom. The van der Waals surface area contributed by atoms with Crippen LogP contribution in [0.2, 0.25) is 0 Å². The minimum absolute atomic E-state index is 0.130. The molecule has 7 heteroatoms. The van der Waals surface area contributed by atoms with Gasteiger partial charge in [0.05, 0.1) is 6.54 Å². The summed E-state index contributed by atoms with van der Waals surface area (Å²) in [6.45, 7) is 4.14. The third-order valence-corrected chi connectivity index (χ3v) is 6.08. The number of fused-ring (bicyclic) bond motifs is 2. The molecule has 1 atom stereocenters. The molecule has 1 spiro atoms. The van der Waals surface area contributed by atoms with Crippen LogP contribution in [0.1, 0.15) is 38.5 Å². The van der Waals surface area contributed by atoms with Crippen molar-refractivity contribution in [3.63, 3.8) is 0 Å². The van der Waals surface area contributed by atoms with Crippen LogP contribution in [0.3, 0.4) is 0 Å². The average molecular weight is 343 g/mol. The molecule has 1 N–H and O–H groups in total. The number of nitrogens with zero attached hydrogens (tertiary/aromatic N) is 4. The molecule has 4 aliphatic heterocycles. The van der Waals surface area contributed by atoms with Crippen LogP contribution in [0.15, 0.2) is 17.4 Å². The van der Waals surface area contributed by atoms with E-state index in [1.54, 1.807) is 0 Å². The van der Waals surface area contributed by atoms with Crippen molar-refractivity contribution in [2.24, 2.45) is 10.9 Å². The Morgan fingerprint density at radius 3 is 2.76 bits per heavy atom. The second kappa shape index (κ2) is 6.12. The summed E-state index contributed by atoms with van der Waals surface area (Å²) in [5.41, 5.74) is -0.130. The van der Waals surface area contributed by atoms with Gasteiger partial charge in [-0.1, -0.05) is 0 Å². The lowest BCUT2D eigenvalue weighted by molar-refractivity contribution is -0.0829. The van der Waals surface area contributed by atoms with Gasteiger partial charge in [0.2, 0.25) is 5.88 Å². The molecule has 2 bridgehead atoms. The highest BCUT2D eigenvalue weighted by Gasteiger charge is 2.51. The van der Waals surface area contributed by atoms with Crippen molar-refractivity contribution in [2.75, 3.05) is 31.5 Å². The zero-order valence-electron chi connectivity index (χ0n) is 14.5. The van der Waals surface area contributed by atoms with Crippen molar-refractivity contribution >= 4 is 11.8 Å². The molecule has 3 saturated heterocycles. The molecule has 1 aliphatic carbocycles. The lowest BCUT2D eigenvalue weighted by Crippen LogP contribution is -2.61. The second-order valence-corrected chi connectivity index (χ2v) is 7.73. The van der Waals surface area contributed by atoms with Crippen molar-refractivity contribution in [1.82, 2.24) is 14.9 Å². The standard InChI is InChI=1S/C18H25N5O2/c1-2-4-14(3-1)24-16-9-15(20-12-21-16)22-17-19-10-18(25-17)11-23-7-5-13(18)6-8-23/h9,12-14H,1-8,10-11H2,(H,19,20,21,22)/t18-/m1/s1. The predicted octanol–water partition coefficient (Wildman–Crippen LogP) is 2.06. The Kier molecular flexibility index (Phi) is 3.77. The number of ether oxygens (including phenoxy) is 2. The van der Waals surface area contributed by atoms with Gasteiger partial charge in [-0.3, -0.25) is 10.2 Å². The van der Waals surface area contributed by atoms with Gasteiger partial charge in [-0.25, -0.2) is 15.0 Å². The van der Waals surface area contributed by atoms with E-state index in [-0.39, 0.29) is 11.7 Å². The first kappa shape index (κ1) is 15.4. The fourth-order valence-electron chi connectivity index (χ4n) is 4.71. The molecule has 1 aromatic rings. The Bertz CT molecular complexity index is 667. The zero-order chi connectivity index (χ0) is 16.7. The van der Waals surface area contributed by atoms with Crippen LogP contribution in [0.4, 0.5) is 5.82 Å². The maximum Gasteiger partial charge on any atom is 0.291 e. The number of hydrogen-bond donors (Lipinski definition) is 1. The van der Waals surface area contributed by atoms with Crippen molar-refractivity contribution in [2.45, 2.75) is 50.2 Å². The third kappa shape index (κ3) is 2.94. The maximum atomic E-state index is 6.30. The average Bonchev–Trinajstić information content (AvgIpc) is 3.27. The second-order valence-electron chi connectivity index (χ2n) is 7.73. The monoisotopic (exact) mass is 343 g/mol. The molecule has 5 heterocycles. The molecule has 7 nitrogen and oxygen atoms in total. The van der Waals surface area contributed by atoms with E-state index in [1.165, 1.54) is 45.1 Å². The van der Waals surface area contributed by atoms with Gasteiger partial charge in [0.15, 0.2) is 0 Å². The van der Waals surface area contributed by atoms with Gasteiger partial charge in [0, 0.05) is 18.5 Å². The molecule has 1 aromatic heterocycles. The minimum Gasteiger partial charge on any atom is -0.474 e. The van der Waals surface area contributed by atoms with Crippen molar-refractivity contribution in [3.05, 3.63) is 12.4 Å². The van der Waals surface area contributed by atoms with Crippen LogP contribution >= 0.6 is 0 Å². The topological polar surface area (TPSA) is 71.9 Å². The normalized spacial score (nSPS) is 34.2. The Labute approximate surface area is 147 Å². The van der Waals surface area contributed by atoms with Gasteiger partial charge in [0.25, 0.3) is 6.02 Å². The van der Waals surface area contributed by atoms with E-state index in [9.17, 15) is 0 Å².